The molecule has 0 saturated heterocycles. The van der Waals surface area contributed by atoms with Crippen LogP contribution in [0.2, 0.25) is 5.02 Å². The standard InChI is InChI=1S/C30H42ClN7O3S/c1-17(2)42(39,40)29-26(16-38(4)37-29)34-28-24(31)15-32-30(36-28)35-25-13-18(3)23(14-27(25)41-22-11-12-22)19-5-7-20(8-6-19)33-21-9-10-21/h13-23,33H,5-12H2,1-4H3,(H2,32,34,35,36)/t18?,19-,20-,23?. The lowest BCUT2D eigenvalue weighted by Gasteiger charge is -2.37. The minimum Gasteiger partial charge on any atom is -0.489 e. The van der Waals surface area contributed by atoms with Gasteiger partial charge in [0.1, 0.15) is 10.8 Å². The second-order valence-corrected chi connectivity index (χ2v) is 15.5. The number of aryl methyl sites for hydroxylation is 1. The maximum Gasteiger partial charge on any atom is 0.229 e. The van der Waals surface area contributed by atoms with Crippen molar-refractivity contribution in [3.63, 3.8) is 0 Å². The molecule has 10 nitrogen and oxygen atoms in total. The second-order valence-electron chi connectivity index (χ2n) is 12.7. The Kier molecular flexibility index (Phi) is 8.28. The number of sulfone groups is 1. The van der Waals surface area contributed by atoms with Crippen LogP contribution in [0.1, 0.15) is 72.1 Å². The summed E-state index contributed by atoms with van der Waals surface area (Å²) in [6, 6.07) is 1.44. The average molecular weight is 616 g/mol. The zero-order valence-electron chi connectivity index (χ0n) is 24.8. The number of rotatable bonds is 11. The third-order valence-electron chi connectivity index (χ3n) is 8.76. The van der Waals surface area contributed by atoms with Crippen LogP contribution >= 0.6 is 11.6 Å². The van der Waals surface area contributed by atoms with Gasteiger partial charge in [0.2, 0.25) is 20.8 Å². The lowest BCUT2D eigenvalue weighted by molar-refractivity contribution is 0.179. The van der Waals surface area contributed by atoms with Gasteiger partial charge >= 0.3 is 0 Å². The zero-order chi connectivity index (χ0) is 29.6. The van der Waals surface area contributed by atoms with Crippen molar-refractivity contribution < 1.29 is 13.2 Å². The summed E-state index contributed by atoms with van der Waals surface area (Å²) in [5.41, 5.74) is 1.17. The molecule has 2 aromatic heterocycles. The molecule has 42 heavy (non-hydrogen) atoms. The Labute approximate surface area is 253 Å². The van der Waals surface area contributed by atoms with Crippen LogP contribution in [-0.4, -0.2) is 51.6 Å². The van der Waals surface area contributed by atoms with Gasteiger partial charge in [0.15, 0.2) is 5.82 Å². The van der Waals surface area contributed by atoms with Gasteiger partial charge in [-0.15, -0.1) is 0 Å². The topological polar surface area (TPSA) is 123 Å². The average Bonchev–Trinajstić information content (AvgIpc) is 3.88. The molecule has 0 aliphatic heterocycles. The van der Waals surface area contributed by atoms with Gasteiger partial charge in [-0.3, -0.25) is 4.68 Å². The molecule has 0 spiro atoms. The lowest BCUT2D eigenvalue weighted by Crippen LogP contribution is -2.37. The van der Waals surface area contributed by atoms with Gasteiger partial charge in [0.05, 0.1) is 28.9 Å². The minimum absolute atomic E-state index is 0.0422. The van der Waals surface area contributed by atoms with E-state index in [1.54, 1.807) is 27.1 Å². The first kappa shape index (κ1) is 29.4. The predicted octanol–water partition coefficient (Wildman–Crippen LogP) is 5.72. The van der Waals surface area contributed by atoms with Crippen LogP contribution in [0.4, 0.5) is 17.5 Å². The van der Waals surface area contributed by atoms with Gasteiger partial charge in [-0.1, -0.05) is 24.6 Å². The molecule has 4 aliphatic rings. The van der Waals surface area contributed by atoms with Crippen molar-refractivity contribution >= 4 is 38.9 Å². The minimum atomic E-state index is -3.63. The van der Waals surface area contributed by atoms with E-state index in [1.807, 2.05) is 0 Å². The number of halogens is 1. The highest BCUT2D eigenvalue weighted by atomic mass is 35.5. The van der Waals surface area contributed by atoms with E-state index in [2.05, 4.69) is 50.1 Å². The Morgan fingerprint density at radius 2 is 1.71 bits per heavy atom. The summed E-state index contributed by atoms with van der Waals surface area (Å²) in [6.45, 7) is 5.53. The van der Waals surface area contributed by atoms with E-state index in [4.69, 9.17) is 16.3 Å². The molecule has 3 fully saturated rings. The zero-order valence-corrected chi connectivity index (χ0v) is 26.4. The Morgan fingerprint density at radius 3 is 2.36 bits per heavy atom. The van der Waals surface area contributed by atoms with Gasteiger partial charge in [-0.25, -0.2) is 13.4 Å². The summed E-state index contributed by atoms with van der Waals surface area (Å²) in [4.78, 5) is 9.03. The van der Waals surface area contributed by atoms with Crippen LogP contribution < -0.4 is 16.0 Å². The number of hydrogen-bond acceptors (Lipinski definition) is 9. The van der Waals surface area contributed by atoms with E-state index in [-0.39, 0.29) is 22.0 Å². The highest BCUT2D eigenvalue weighted by molar-refractivity contribution is 7.92. The molecule has 3 saturated carbocycles. The summed E-state index contributed by atoms with van der Waals surface area (Å²) in [7, 11) is -1.95. The predicted molar refractivity (Wildman–Crippen MR) is 164 cm³/mol. The number of anilines is 3. The maximum absolute atomic E-state index is 12.9. The molecule has 0 amide bonds. The summed E-state index contributed by atoms with van der Waals surface area (Å²) < 4.78 is 33.7. The second kappa shape index (κ2) is 11.8. The van der Waals surface area contributed by atoms with Gasteiger partial charge in [0.25, 0.3) is 0 Å². The van der Waals surface area contributed by atoms with Crippen LogP contribution in [0.3, 0.4) is 0 Å². The van der Waals surface area contributed by atoms with E-state index >= 15 is 0 Å². The summed E-state index contributed by atoms with van der Waals surface area (Å²) in [5, 5.41) is 14.1. The van der Waals surface area contributed by atoms with Crippen molar-refractivity contribution in [2.45, 2.75) is 101 Å². The quantitative estimate of drug-likeness (QED) is 0.291. The molecule has 2 atom stereocenters. The number of aromatic nitrogens is 4. The summed E-state index contributed by atoms with van der Waals surface area (Å²) in [6.07, 6.45) is 17.7. The van der Waals surface area contributed by atoms with Crippen LogP contribution in [0.15, 0.2) is 41.0 Å². The smallest absolute Gasteiger partial charge is 0.229 e. The van der Waals surface area contributed by atoms with Crippen molar-refractivity contribution in [1.29, 1.82) is 0 Å². The largest absolute Gasteiger partial charge is 0.489 e. The normalized spacial score (nSPS) is 26.5. The third kappa shape index (κ3) is 6.63. The Morgan fingerprint density at radius 1 is 1.02 bits per heavy atom. The molecule has 0 aromatic carbocycles. The Bertz CT molecular complexity index is 1470. The lowest BCUT2D eigenvalue weighted by atomic mass is 9.71. The van der Waals surface area contributed by atoms with Gasteiger partial charge in [-0.05, 0) is 89.0 Å². The molecule has 12 heteroatoms. The molecular formula is C30H42ClN7O3S. The van der Waals surface area contributed by atoms with E-state index in [9.17, 15) is 8.42 Å². The fraction of sp³-hybridized carbons (Fsp3) is 0.633. The van der Waals surface area contributed by atoms with Crippen LogP contribution in [-0.2, 0) is 21.6 Å². The first-order valence-corrected chi connectivity index (χ1v) is 17.2. The van der Waals surface area contributed by atoms with Gasteiger partial charge < -0.3 is 20.7 Å². The fourth-order valence-corrected chi connectivity index (χ4v) is 7.25. The van der Waals surface area contributed by atoms with Crippen LogP contribution in [0, 0.1) is 17.8 Å². The highest BCUT2D eigenvalue weighted by Gasteiger charge is 2.36. The van der Waals surface area contributed by atoms with Crippen LogP contribution in [0.25, 0.3) is 0 Å². The van der Waals surface area contributed by atoms with E-state index in [0.717, 1.165) is 30.3 Å². The molecule has 0 radical (unpaired) electrons. The SMILES string of the molecule is CC1C=C(Nc2ncc(Cl)c(Nc3cn(C)nc3S(=O)(=O)C(C)C)n2)C(OC2CC2)=CC1[C@H]1CC[C@H](NC2CC2)CC1. The van der Waals surface area contributed by atoms with Crippen molar-refractivity contribution in [3.05, 3.63) is 41.0 Å². The highest BCUT2D eigenvalue weighted by Crippen LogP contribution is 2.42. The Hall–Kier alpha value is -2.63. The molecule has 6 rings (SSSR count). The number of nitrogens with zero attached hydrogens (tertiary/aromatic N) is 4. The number of allylic oxidation sites excluding steroid dienone is 2. The van der Waals surface area contributed by atoms with Crippen LogP contribution in [0.5, 0.6) is 0 Å². The van der Waals surface area contributed by atoms with E-state index in [1.165, 1.54) is 49.4 Å². The first-order valence-electron chi connectivity index (χ1n) is 15.3. The number of hydrogen-bond donors (Lipinski definition) is 3. The first-order chi connectivity index (χ1) is 20.1. The fourth-order valence-electron chi connectivity index (χ4n) is 6.01. The summed E-state index contributed by atoms with van der Waals surface area (Å²) in [5.74, 6) is 2.90. The van der Waals surface area contributed by atoms with E-state index in [0.29, 0.717) is 35.4 Å². The molecule has 2 unspecified atom stereocenters. The van der Waals surface area contributed by atoms with Gasteiger partial charge in [0, 0.05) is 25.3 Å². The van der Waals surface area contributed by atoms with Crippen molar-refractivity contribution in [2.24, 2.45) is 24.8 Å². The van der Waals surface area contributed by atoms with Gasteiger partial charge in [-0.2, -0.15) is 10.1 Å². The molecule has 2 aromatic rings. The molecule has 0 bridgehead atoms. The van der Waals surface area contributed by atoms with Crippen molar-refractivity contribution in [3.8, 4) is 0 Å². The molecule has 4 aliphatic carbocycles. The third-order valence-corrected chi connectivity index (χ3v) is 11.1. The molecular weight excluding hydrogens is 574 g/mol. The maximum atomic E-state index is 12.9. The number of nitrogens with one attached hydrogen (secondary N) is 3. The molecule has 3 N–H and O–H groups in total. The monoisotopic (exact) mass is 615 g/mol. The number of ether oxygens (including phenoxy) is 1. The van der Waals surface area contributed by atoms with Crippen molar-refractivity contribution in [1.82, 2.24) is 25.1 Å². The molecule has 2 heterocycles. The summed E-state index contributed by atoms with van der Waals surface area (Å²) >= 11 is 6.45. The molecule has 228 valence electrons. The van der Waals surface area contributed by atoms with Crippen molar-refractivity contribution in [2.75, 3.05) is 10.6 Å². The Balaban J connectivity index is 1.19. The van der Waals surface area contributed by atoms with E-state index < -0.39 is 15.1 Å².